The summed E-state index contributed by atoms with van der Waals surface area (Å²) in [5.41, 5.74) is -0.545. The molecule has 1 aromatic rings. The van der Waals surface area contributed by atoms with Gasteiger partial charge in [-0.15, -0.1) is 0 Å². The summed E-state index contributed by atoms with van der Waals surface area (Å²) in [6, 6.07) is 7.36. The minimum Gasteiger partial charge on any atom is -0.480 e. The van der Waals surface area contributed by atoms with E-state index in [2.05, 4.69) is 5.32 Å². The lowest BCUT2D eigenvalue weighted by atomic mass is 9.87. The van der Waals surface area contributed by atoms with Crippen LogP contribution in [0, 0.1) is 0 Å². The van der Waals surface area contributed by atoms with Gasteiger partial charge in [-0.2, -0.15) is 0 Å². The molecule has 4 amide bonds. The van der Waals surface area contributed by atoms with Gasteiger partial charge < -0.3 is 15.3 Å². The molecular formula is C18H21N3O5. The Morgan fingerprint density at radius 2 is 1.96 bits per heavy atom. The standard InChI is InChI=1S/C18H21N3O5/c1-2-18(12-7-4-3-5-8-12)16(25)21(17(26)19-18)11-14(22)20-10-6-9-13(20)15(23)24/h3-5,7-8,13H,2,6,9-11H2,1H3,(H,19,26)(H,23,24). The van der Waals surface area contributed by atoms with Gasteiger partial charge >= 0.3 is 12.0 Å². The average molecular weight is 359 g/mol. The third kappa shape index (κ3) is 2.81. The molecule has 2 atom stereocenters. The van der Waals surface area contributed by atoms with E-state index in [1.807, 2.05) is 6.07 Å². The van der Waals surface area contributed by atoms with E-state index < -0.39 is 41.9 Å². The molecule has 0 saturated carbocycles. The van der Waals surface area contributed by atoms with Crippen molar-refractivity contribution in [3.63, 3.8) is 0 Å². The molecule has 0 radical (unpaired) electrons. The van der Waals surface area contributed by atoms with E-state index in [0.29, 0.717) is 31.4 Å². The number of nitrogens with one attached hydrogen (secondary N) is 1. The number of hydrogen-bond donors (Lipinski definition) is 2. The molecule has 0 spiro atoms. The minimum atomic E-state index is -1.20. The van der Waals surface area contributed by atoms with Crippen molar-refractivity contribution in [1.82, 2.24) is 15.1 Å². The van der Waals surface area contributed by atoms with Gasteiger partial charge in [-0.1, -0.05) is 37.3 Å². The van der Waals surface area contributed by atoms with Crippen LogP contribution in [-0.2, 0) is 19.9 Å². The lowest BCUT2D eigenvalue weighted by Crippen LogP contribution is -2.48. The lowest BCUT2D eigenvalue weighted by Gasteiger charge is -2.26. The van der Waals surface area contributed by atoms with E-state index in [1.165, 1.54) is 4.90 Å². The molecule has 2 aliphatic rings. The molecule has 8 heteroatoms. The molecule has 2 unspecified atom stereocenters. The Kier molecular flexibility index (Phi) is 4.67. The number of nitrogens with zero attached hydrogens (tertiary/aromatic N) is 2. The van der Waals surface area contributed by atoms with E-state index in [0.717, 1.165) is 4.90 Å². The summed E-state index contributed by atoms with van der Waals surface area (Å²) in [6.07, 6.45) is 1.31. The number of carbonyl (C=O) groups excluding carboxylic acids is 3. The molecule has 0 bridgehead atoms. The number of imide groups is 1. The molecule has 3 rings (SSSR count). The van der Waals surface area contributed by atoms with Crippen LogP contribution < -0.4 is 5.32 Å². The van der Waals surface area contributed by atoms with Crippen molar-refractivity contribution in [2.24, 2.45) is 0 Å². The molecule has 2 aliphatic heterocycles. The highest BCUT2D eigenvalue weighted by atomic mass is 16.4. The molecule has 138 valence electrons. The summed E-state index contributed by atoms with van der Waals surface area (Å²) in [4.78, 5) is 51.3. The maximum atomic E-state index is 13.0. The van der Waals surface area contributed by atoms with Crippen LogP contribution in [0.1, 0.15) is 31.7 Å². The Bertz CT molecular complexity index is 750. The van der Waals surface area contributed by atoms with Crippen molar-refractivity contribution >= 4 is 23.8 Å². The van der Waals surface area contributed by atoms with E-state index in [1.54, 1.807) is 31.2 Å². The second kappa shape index (κ2) is 6.78. The van der Waals surface area contributed by atoms with Crippen LogP contribution in [0.2, 0.25) is 0 Å². The zero-order valence-electron chi connectivity index (χ0n) is 14.5. The number of aliphatic carboxylic acids is 1. The zero-order chi connectivity index (χ0) is 18.9. The number of amides is 4. The fourth-order valence-electron chi connectivity index (χ4n) is 3.68. The Hall–Kier alpha value is -2.90. The minimum absolute atomic E-state index is 0.317. The SMILES string of the molecule is CCC1(c2ccccc2)NC(=O)N(CC(=O)N2CCCC2C(=O)O)C1=O. The van der Waals surface area contributed by atoms with E-state index in [-0.39, 0.29) is 0 Å². The van der Waals surface area contributed by atoms with Crippen molar-refractivity contribution in [2.45, 2.75) is 37.8 Å². The van der Waals surface area contributed by atoms with Crippen LogP contribution in [-0.4, -0.2) is 57.9 Å². The smallest absolute Gasteiger partial charge is 0.326 e. The average Bonchev–Trinajstić information content (AvgIpc) is 3.22. The first-order valence-corrected chi connectivity index (χ1v) is 8.62. The second-order valence-corrected chi connectivity index (χ2v) is 6.53. The zero-order valence-corrected chi connectivity index (χ0v) is 14.5. The van der Waals surface area contributed by atoms with Crippen molar-refractivity contribution < 1.29 is 24.3 Å². The summed E-state index contributed by atoms with van der Waals surface area (Å²) in [6.45, 7) is 1.65. The largest absolute Gasteiger partial charge is 0.480 e. The fourth-order valence-corrected chi connectivity index (χ4v) is 3.68. The Labute approximate surface area is 150 Å². The highest BCUT2D eigenvalue weighted by Gasteiger charge is 2.52. The first-order chi connectivity index (χ1) is 12.4. The van der Waals surface area contributed by atoms with Gasteiger partial charge in [0.05, 0.1) is 0 Å². The summed E-state index contributed by atoms with van der Waals surface area (Å²) in [5.74, 6) is -2.09. The third-order valence-corrected chi connectivity index (χ3v) is 5.12. The monoisotopic (exact) mass is 359 g/mol. The van der Waals surface area contributed by atoms with Crippen LogP contribution in [0.5, 0.6) is 0 Å². The maximum Gasteiger partial charge on any atom is 0.326 e. The Morgan fingerprint density at radius 1 is 1.27 bits per heavy atom. The summed E-state index contributed by atoms with van der Waals surface area (Å²) in [5, 5.41) is 11.9. The van der Waals surface area contributed by atoms with Crippen molar-refractivity contribution in [2.75, 3.05) is 13.1 Å². The molecule has 1 aromatic carbocycles. The highest BCUT2D eigenvalue weighted by Crippen LogP contribution is 2.32. The first kappa shape index (κ1) is 17.9. The van der Waals surface area contributed by atoms with Gasteiger partial charge in [-0.3, -0.25) is 14.5 Å². The molecular weight excluding hydrogens is 338 g/mol. The summed E-state index contributed by atoms with van der Waals surface area (Å²) in [7, 11) is 0. The first-order valence-electron chi connectivity index (χ1n) is 8.62. The van der Waals surface area contributed by atoms with Gasteiger partial charge in [0.1, 0.15) is 18.1 Å². The quantitative estimate of drug-likeness (QED) is 0.760. The predicted molar refractivity (Wildman–Crippen MR) is 91.0 cm³/mol. The van der Waals surface area contributed by atoms with Gasteiger partial charge in [-0.25, -0.2) is 9.59 Å². The summed E-state index contributed by atoms with van der Waals surface area (Å²) >= 11 is 0. The van der Waals surface area contributed by atoms with Crippen molar-refractivity contribution in [3.05, 3.63) is 35.9 Å². The van der Waals surface area contributed by atoms with Gasteiger partial charge in [-0.05, 0) is 24.8 Å². The molecule has 2 fully saturated rings. The van der Waals surface area contributed by atoms with Crippen LogP contribution in [0.4, 0.5) is 4.79 Å². The van der Waals surface area contributed by atoms with Gasteiger partial charge in [0.25, 0.3) is 5.91 Å². The number of likely N-dealkylation sites (tertiary alicyclic amines) is 1. The predicted octanol–water partition coefficient (Wildman–Crippen LogP) is 0.919. The van der Waals surface area contributed by atoms with Crippen molar-refractivity contribution in [3.8, 4) is 0 Å². The molecule has 2 N–H and O–H groups in total. The van der Waals surface area contributed by atoms with E-state index >= 15 is 0 Å². The second-order valence-electron chi connectivity index (χ2n) is 6.53. The van der Waals surface area contributed by atoms with Crippen LogP contribution >= 0.6 is 0 Å². The molecule has 26 heavy (non-hydrogen) atoms. The molecule has 0 aromatic heterocycles. The number of urea groups is 1. The highest BCUT2D eigenvalue weighted by molar-refractivity contribution is 6.09. The number of carboxylic acids is 1. The summed E-state index contributed by atoms with van der Waals surface area (Å²) < 4.78 is 0. The van der Waals surface area contributed by atoms with Gasteiger partial charge in [0, 0.05) is 6.54 Å². The Morgan fingerprint density at radius 3 is 2.58 bits per heavy atom. The number of rotatable bonds is 5. The van der Waals surface area contributed by atoms with Crippen LogP contribution in [0.3, 0.4) is 0 Å². The molecule has 2 heterocycles. The molecule has 0 aliphatic carbocycles. The Balaban J connectivity index is 1.81. The van der Waals surface area contributed by atoms with Crippen LogP contribution in [0.25, 0.3) is 0 Å². The fraction of sp³-hybridized carbons (Fsp3) is 0.444. The molecule has 8 nitrogen and oxygen atoms in total. The number of benzene rings is 1. The van der Waals surface area contributed by atoms with Gasteiger partial charge in [0.15, 0.2) is 0 Å². The number of carbonyl (C=O) groups is 4. The van der Waals surface area contributed by atoms with E-state index in [4.69, 9.17) is 0 Å². The van der Waals surface area contributed by atoms with Crippen LogP contribution in [0.15, 0.2) is 30.3 Å². The lowest BCUT2D eigenvalue weighted by molar-refractivity contribution is -0.149. The normalized spacial score (nSPS) is 25.5. The topological polar surface area (TPSA) is 107 Å². The number of hydrogen-bond acceptors (Lipinski definition) is 4. The third-order valence-electron chi connectivity index (χ3n) is 5.12. The van der Waals surface area contributed by atoms with Crippen molar-refractivity contribution in [1.29, 1.82) is 0 Å². The van der Waals surface area contributed by atoms with E-state index in [9.17, 15) is 24.3 Å². The van der Waals surface area contributed by atoms with Gasteiger partial charge in [0.2, 0.25) is 5.91 Å². The number of carboxylic acid groups (broad SMARTS) is 1. The molecule has 2 saturated heterocycles. The maximum absolute atomic E-state index is 13.0.